The lowest BCUT2D eigenvalue weighted by Crippen LogP contribution is -2.41. The van der Waals surface area contributed by atoms with Crippen molar-refractivity contribution in [3.05, 3.63) is 72.1 Å². The van der Waals surface area contributed by atoms with Crippen LogP contribution in [0.3, 0.4) is 0 Å². The van der Waals surface area contributed by atoms with E-state index in [4.69, 9.17) is 15.2 Å². The van der Waals surface area contributed by atoms with Crippen LogP contribution in [-0.4, -0.2) is 31.6 Å². The van der Waals surface area contributed by atoms with Crippen LogP contribution in [-0.2, 0) is 27.4 Å². The van der Waals surface area contributed by atoms with Crippen LogP contribution in [0.15, 0.2) is 54.6 Å². The number of nitrogens with two attached hydrogens (primary N) is 1. The zero-order chi connectivity index (χ0) is 19.5. The van der Waals surface area contributed by atoms with Crippen molar-refractivity contribution in [2.75, 3.05) is 13.7 Å². The van der Waals surface area contributed by atoms with Crippen LogP contribution in [0, 0.1) is 6.42 Å². The summed E-state index contributed by atoms with van der Waals surface area (Å²) in [5.74, 6) is 0.0276. The largest absolute Gasteiger partial charge is 0.489 e. The van der Waals surface area contributed by atoms with E-state index in [-0.39, 0.29) is 18.9 Å². The van der Waals surface area contributed by atoms with E-state index in [0.717, 1.165) is 16.9 Å². The number of carbonyl (C=O) groups is 2. The van der Waals surface area contributed by atoms with Crippen molar-refractivity contribution in [2.24, 2.45) is 5.73 Å². The van der Waals surface area contributed by atoms with Gasteiger partial charge in [-0.25, -0.2) is 0 Å². The molecule has 0 aliphatic heterocycles. The predicted octanol–water partition coefficient (Wildman–Crippen LogP) is 2.02. The van der Waals surface area contributed by atoms with Gasteiger partial charge >= 0.3 is 0 Å². The van der Waals surface area contributed by atoms with Gasteiger partial charge in [-0.3, -0.25) is 9.59 Å². The standard InChI is InChI=1S/C21H25N2O4/c1-26-15-18(13-20(22)24)23-21(25)12-9-16-7-10-19(11-8-16)27-14-17-5-3-2-4-6-17/h2-8,10-12,18H,9,13-15H2,1H3,(H2,22,24)(H,23,25). The summed E-state index contributed by atoms with van der Waals surface area (Å²) in [6, 6.07) is 17.1. The molecule has 0 aliphatic rings. The molecule has 6 nitrogen and oxygen atoms in total. The quantitative estimate of drug-likeness (QED) is 0.634. The van der Waals surface area contributed by atoms with Crippen LogP contribution in [0.5, 0.6) is 5.75 Å². The maximum Gasteiger partial charge on any atom is 0.224 e. The van der Waals surface area contributed by atoms with Gasteiger partial charge in [-0.2, -0.15) is 0 Å². The van der Waals surface area contributed by atoms with Crippen LogP contribution in [0.25, 0.3) is 0 Å². The Morgan fingerprint density at radius 3 is 2.41 bits per heavy atom. The zero-order valence-electron chi connectivity index (χ0n) is 15.4. The predicted molar refractivity (Wildman–Crippen MR) is 103 cm³/mol. The lowest BCUT2D eigenvalue weighted by Gasteiger charge is -2.16. The molecule has 3 N–H and O–H groups in total. The number of nitrogens with one attached hydrogen (secondary N) is 1. The second-order valence-corrected chi connectivity index (χ2v) is 6.16. The molecule has 27 heavy (non-hydrogen) atoms. The van der Waals surface area contributed by atoms with Gasteiger partial charge < -0.3 is 20.5 Å². The molecular formula is C21H25N2O4. The molecule has 1 radical (unpaired) electrons. The molecule has 2 aromatic carbocycles. The molecule has 0 saturated carbocycles. The van der Waals surface area contributed by atoms with E-state index in [2.05, 4.69) is 5.32 Å². The highest BCUT2D eigenvalue weighted by Gasteiger charge is 2.15. The summed E-state index contributed by atoms with van der Waals surface area (Å²) in [6.45, 7) is 0.742. The summed E-state index contributed by atoms with van der Waals surface area (Å²) in [7, 11) is 1.51. The van der Waals surface area contributed by atoms with Gasteiger partial charge in [0.1, 0.15) is 12.4 Å². The van der Waals surface area contributed by atoms with E-state index < -0.39 is 11.9 Å². The molecule has 0 fully saturated rings. The van der Waals surface area contributed by atoms with E-state index in [9.17, 15) is 9.59 Å². The molecule has 143 valence electrons. The van der Waals surface area contributed by atoms with E-state index in [1.807, 2.05) is 54.6 Å². The Hall–Kier alpha value is -2.86. The fourth-order valence-electron chi connectivity index (χ4n) is 2.53. The van der Waals surface area contributed by atoms with Crippen molar-refractivity contribution in [3.63, 3.8) is 0 Å². The minimum Gasteiger partial charge on any atom is -0.489 e. The Balaban J connectivity index is 1.76. The Kier molecular flexibility index (Phi) is 8.32. The Morgan fingerprint density at radius 1 is 1.07 bits per heavy atom. The summed E-state index contributed by atoms with van der Waals surface area (Å²) >= 11 is 0. The number of hydrogen-bond acceptors (Lipinski definition) is 4. The lowest BCUT2D eigenvalue weighted by atomic mass is 10.1. The number of hydrogen-bond donors (Lipinski definition) is 2. The minimum atomic E-state index is -0.483. The third kappa shape index (κ3) is 7.92. The topological polar surface area (TPSA) is 90.6 Å². The third-order valence-corrected chi connectivity index (χ3v) is 3.86. The van der Waals surface area contributed by atoms with Crippen molar-refractivity contribution in [1.29, 1.82) is 0 Å². The number of benzene rings is 2. The highest BCUT2D eigenvalue weighted by molar-refractivity contribution is 5.86. The van der Waals surface area contributed by atoms with Gasteiger partial charge in [0.05, 0.1) is 19.1 Å². The number of amides is 2. The molecule has 0 saturated heterocycles. The minimum absolute atomic E-state index is 0.0425. The van der Waals surface area contributed by atoms with Crippen molar-refractivity contribution in [1.82, 2.24) is 5.32 Å². The molecule has 0 bridgehead atoms. The Morgan fingerprint density at radius 2 is 1.78 bits per heavy atom. The average molecular weight is 369 g/mol. The SMILES string of the molecule is COCC(CC(N)=O)NC(=O)[CH]Cc1ccc(OCc2ccccc2)cc1. The van der Waals surface area contributed by atoms with Crippen LogP contribution in [0.4, 0.5) is 0 Å². The van der Waals surface area contributed by atoms with Gasteiger partial charge in [0.25, 0.3) is 0 Å². The van der Waals surface area contributed by atoms with Gasteiger partial charge in [0.15, 0.2) is 0 Å². The zero-order valence-corrected chi connectivity index (χ0v) is 15.4. The Labute approximate surface area is 159 Å². The molecule has 1 atom stereocenters. The number of ether oxygens (including phenoxy) is 2. The van der Waals surface area contributed by atoms with Gasteiger partial charge in [-0.15, -0.1) is 0 Å². The first kappa shape index (κ1) is 20.5. The van der Waals surface area contributed by atoms with E-state index >= 15 is 0 Å². The smallest absolute Gasteiger partial charge is 0.224 e. The lowest BCUT2D eigenvalue weighted by molar-refractivity contribution is -0.121. The van der Waals surface area contributed by atoms with E-state index in [1.165, 1.54) is 13.5 Å². The first-order valence-electron chi connectivity index (χ1n) is 8.73. The third-order valence-electron chi connectivity index (χ3n) is 3.86. The van der Waals surface area contributed by atoms with E-state index in [1.54, 1.807) is 0 Å². The van der Waals surface area contributed by atoms with Crippen molar-refractivity contribution >= 4 is 11.8 Å². The van der Waals surface area contributed by atoms with Crippen molar-refractivity contribution in [3.8, 4) is 5.75 Å². The van der Waals surface area contributed by atoms with Crippen LogP contribution in [0.2, 0.25) is 0 Å². The molecule has 0 aliphatic carbocycles. The molecule has 6 heteroatoms. The number of carbonyl (C=O) groups excluding carboxylic acids is 2. The maximum atomic E-state index is 12.0. The molecule has 2 amide bonds. The first-order chi connectivity index (χ1) is 13.1. The molecule has 1 unspecified atom stereocenters. The summed E-state index contributed by atoms with van der Waals surface area (Å²) in [5, 5.41) is 2.72. The second-order valence-electron chi connectivity index (χ2n) is 6.16. The maximum absolute atomic E-state index is 12.0. The molecule has 0 heterocycles. The van der Waals surface area contributed by atoms with Crippen molar-refractivity contribution < 1.29 is 19.1 Å². The van der Waals surface area contributed by atoms with Crippen LogP contribution in [0.1, 0.15) is 17.5 Å². The monoisotopic (exact) mass is 369 g/mol. The summed E-state index contributed by atoms with van der Waals surface area (Å²) in [4.78, 5) is 23.0. The molecule has 2 rings (SSSR count). The number of rotatable bonds is 11. The van der Waals surface area contributed by atoms with Gasteiger partial charge in [-0.1, -0.05) is 42.5 Å². The fourth-order valence-corrected chi connectivity index (χ4v) is 2.53. The summed E-state index contributed by atoms with van der Waals surface area (Å²) < 4.78 is 10.7. The Bertz CT molecular complexity index is 717. The number of primary amides is 1. The van der Waals surface area contributed by atoms with Crippen LogP contribution < -0.4 is 15.8 Å². The second kappa shape index (κ2) is 11.0. The van der Waals surface area contributed by atoms with Crippen molar-refractivity contribution in [2.45, 2.75) is 25.5 Å². The average Bonchev–Trinajstić information content (AvgIpc) is 2.66. The number of methoxy groups -OCH3 is 1. The summed E-state index contributed by atoms with van der Waals surface area (Å²) in [6.07, 6.45) is 2.05. The molecular weight excluding hydrogens is 344 g/mol. The normalized spacial score (nSPS) is 11.6. The van der Waals surface area contributed by atoms with Gasteiger partial charge in [0, 0.05) is 13.5 Å². The fraction of sp³-hybridized carbons (Fsp3) is 0.286. The molecule has 0 aromatic heterocycles. The van der Waals surface area contributed by atoms with Crippen LogP contribution >= 0.6 is 0 Å². The highest BCUT2D eigenvalue weighted by atomic mass is 16.5. The van der Waals surface area contributed by atoms with E-state index in [0.29, 0.717) is 13.0 Å². The highest BCUT2D eigenvalue weighted by Crippen LogP contribution is 2.15. The molecule has 0 spiro atoms. The molecule has 2 aromatic rings. The first-order valence-corrected chi connectivity index (χ1v) is 8.73. The van der Waals surface area contributed by atoms with Gasteiger partial charge in [-0.05, 0) is 29.7 Å². The van der Waals surface area contributed by atoms with Gasteiger partial charge in [0.2, 0.25) is 11.8 Å². The summed E-state index contributed by atoms with van der Waals surface area (Å²) in [5.41, 5.74) is 7.26.